The van der Waals surface area contributed by atoms with Gasteiger partial charge in [-0.3, -0.25) is 0 Å². The molecule has 2 aliphatic rings. The monoisotopic (exact) mass is 824 g/mol. The van der Waals surface area contributed by atoms with E-state index in [1.165, 1.54) is 55.6 Å². The number of aryl methyl sites for hydroxylation is 2. The Morgan fingerprint density at radius 2 is 0.781 bits per heavy atom. The van der Waals surface area contributed by atoms with Crippen molar-refractivity contribution in [2.75, 3.05) is 9.80 Å². The number of hydrogen-bond donors (Lipinski definition) is 0. The molecule has 0 atom stereocenters. The van der Waals surface area contributed by atoms with Crippen molar-refractivity contribution >= 4 is 52.0 Å². The molecule has 64 heavy (non-hydrogen) atoms. The Labute approximate surface area is 377 Å². The molecule has 8 aromatic rings. The van der Waals surface area contributed by atoms with Gasteiger partial charge in [-0.1, -0.05) is 136 Å². The number of fused-ring (bicyclic) bond motifs is 6. The van der Waals surface area contributed by atoms with E-state index in [4.69, 9.17) is 6.57 Å². The summed E-state index contributed by atoms with van der Waals surface area (Å²) in [6.07, 6.45) is 4.36. The van der Waals surface area contributed by atoms with Crippen LogP contribution in [-0.4, -0.2) is 0 Å². The van der Waals surface area contributed by atoms with Crippen LogP contribution in [0.2, 0.25) is 0 Å². The third-order valence-corrected chi connectivity index (χ3v) is 13.4. The highest BCUT2D eigenvalue weighted by molar-refractivity contribution is 5.88. The number of benzene rings is 8. The molecule has 0 spiro atoms. The van der Waals surface area contributed by atoms with Gasteiger partial charge < -0.3 is 9.80 Å². The van der Waals surface area contributed by atoms with Crippen LogP contribution in [0.25, 0.3) is 39.3 Å². The number of rotatable bonds is 8. The van der Waals surface area contributed by atoms with Crippen LogP contribution in [0.5, 0.6) is 0 Å². The largest absolute Gasteiger partial charge is 0.310 e. The first-order valence-corrected chi connectivity index (χ1v) is 21.9. The normalized spacial score (nSPS) is 13.6. The van der Waals surface area contributed by atoms with Crippen LogP contribution in [0.1, 0.15) is 77.8 Å². The fourth-order valence-corrected chi connectivity index (χ4v) is 9.80. The predicted molar refractivity (Wildman–Crippen MR) is 267 cm³/mol. The van der Waals surface area contributed by atoms with Gasteiger partial charge in [0.2, 0.25) is 0 Å². The van der Waals surface area contributed by atoms with Crippen molar-refractivity contribution < 1.29 is 0 Å². The minimum absolute atomic E-state index is 0.233. The second-order valence-corrected chi connectivity index (χ2v) is 18.3. The highest BCUT2D eigenvalue weighted by atomic mass is 15.1. The summed E-state index contributed by atoms with van der Waals surface area (Å²) in [6, 6.07) is 63.1. The number of anilines is 6. The lowest BCUT2D eigenvalue weighted by atomic mass is 9.82. The second kappa shape index (κ2) is 15.5. The molecule has 0 aromatic heterocycles. The van der Waals surface area contributed by atoms with Gasteiger partial charge in [-0.2, -0.15) is 5.26 Å². The molecule has 0 N–H and O–H groups in total. The van der Waals surface area contributed by atoms with Crippen LogP contribution in [0.3, 0.4) is 0 Å². The Balaban J connectivity index is 0.934. The molecule has 0 fully saturated rings. The molecule has 4 nitrogen and oxygen atoms in total. The molecule has 0 radical (unpaired) electrons. The van der Waals surface area contributed by atoms with E-state index in [0.29, 0.717) is 11.3 Å². The molecule has 0 saturated carbocycles. The van der Waals surface area contributed by atoms with Gasteiger partial charge in [0, 0.05) is 45.0 Å². The maximum Gasteiger partial charge on any atom is 0.187 e. The summed E-state index contributed by atoms with van der Waals surface area (Å²) in [5, 5.41) is 9.66. The molecule has 0 amide bonds. The molecule has 0 saturated heterocycles. The lowest BCUT2D eigenvalue weighted by Gasteiger charge is -2.28. The third-order valence-electron chi connectivity index (χ3n) is 13.4. The van der Waals surface area contributed by atoms with Crippen LogP contribution >= 0.6 is 0 Å². The lowest BCUT2D eigenvalue weighted by Crippen LogP contribution is -2.16. The maximum absolute atomic E-state index is 9.66. The van der Waals surface area contributed by atoms with Gasteiger partial charge in [-0.05, 0) is 154 Å². The summed E-state index contributed by atoms with van der Waals surface area (Å²) < 4.78 is 0. The highest BCUT2D eigenvalue weighted by Crippen LogP contribution is 2.53. The van der Waals surface area contributed by atoms with E-state index in [-0.39, 0.29) is 10.8 Å². The number of nitriles is 1. The second-order valence-electron chi connectivity index (χ2n) is 18.3. The number of hydrogen-bond acceptors (Lipinski definition) is 3. The Morgan fingerprint density at radius 3 is 1.19 bits per heavy atom. The van der Waals surface area contributed by atoms with Gasteiger partial charge in [-0.15, -0.1) is 0 Å². The topological polar surface area (TPSA) is 34.6 Å². The fourth-order valence-electron chi connectivity index (χ4n) is 9.80. The molecule has 0 heterocycles. The Bertz CT molecular complexity index is 3010. The van der Waals surface area contributed by atoms with Crippen LogP contribution < -0.4 is 9.80 Å². The quantitative estimate of drug-likeness (QED) is 0.113. The fraction of sp³-hybridized carbons (Fsp3) is 0.133. The van der Waals surface area contributed by atoms with Gasteiger partial charge in [-0.25, -0.2) is 4.85 Å². The zero-order chi connectivity index (χ0) is 44.3. The first kappa shape index (κ1) is 40.2. The Kier molecular flexibility index (Phi) is 9.70. The van der Waals surface area contributed by atoms with E-state index in [0.717, 1.165) is 45.3 Å². The van der Waals surface area contributed by atoms with Crippen molar-refractivity contribution in [3.8, 4) is 28.3 Å². The SMILES string of the molecule is [C-]#[N+]c1ccc2c(c1)C(C)(C)c1cc(N(c3ccc(C)cc3)c3ccc(/C=C/c4ccc(N(c5ccc(C)cc5)c5ccc6c(c5)C(C)(C)c5cc(C#N)ccc5-6)cc4)cc3)ccc1-2. The zero-order valence-corrected chi connectivity index (χ0v) is 37.1. The van der Waals surface area contributed by atoms with Crippen molar-refractivity contribution in [3.63, 3.8) is 0 Å². The molecule has 0 bridgehead atoms. The summed E-state index contributed by atoms with van der Waals surface area (Å²) in [4.78, 5) is 8.39. The third kappa shape index (κ3) is 6.86. The van der Waals surface area contributed by atoms with Crippen LogP contribution in [-0.2, 0) is 10.8 Å². The smallest absolute Gasteiger partial charge is 0.187 e. The zero-order valence-electron chi connectivity index (χ0n) is 37.1. The van der Waals surface area contributed by atoms with Crippen LogP contribution in [0.4, 0.5) is 39.8 Å². The highest BCUT2D eigenvalue weighted by Gasteiger charge is 2.37. The molecule has 10 rings (SSSR count). The van der Waals surface area contributed by atoms with Crippen molar-refractivity contribution in [1.29, 1.82) is 5.26 Å². The molecule has 8 aromatic carbocycles. The summed E-state index contributed by atoms with van der Waals surface area (Å²) in [5.74, 6) is 0. The maximum atomic E-state index is 9.66. The average molecular weight is 825 g/mol. The van der Waals surface area contributed by atoms with E-state index >= 15 is 0 Å². The summed E-state index contributed by atoms with van der Waals surface area (Å²) in [7, 11) is 0. The van der Waals surface area contributed by atoms with Crippen molar-refractivity contribution in [1.82, 2.24) is 0 Å². The van der Waals surface area contributed by atoms with E-state index in [2.05, 4.69) is 232 Å². The van der Waals surface area contributed by atoms with Crippen LogP contribution in [0, 0.1) is 31.8 Å². The minimum atomic E-state index is -0.240. The van der Waals surface area contributed by atoms with E-state index in [1.807, 2.05) is 12.1 Å². The van der Waals surface area contributed by atoms with E-state index < -0.39 is 0 Å². The molecular weight excluding hydrogens is 777 g/mol. The van der Waals surface area contributed by atoms with E-state index in [1.54, 1.807) is 0 Å². The Hall–Kier alpha value is -7.92. The van der Waals surface area contributed by atoms with Crippen molar-refractivity contribution in [2.45, 2.75) is 52.4 Å². The summed E-state index contributed by atoms with van der Waals surface area (Å²) >= 11 is 0. The van der Waals surface area contributed by atoms with Gasteiger partial charge >= 0.3 is 0 Å². The standard InChI is InChI=1S/C60H48N4/c1-39-8-20-45(21-9-39)63(49-28-32-53-51-30-18-43(38-61)34-55(51)59(3,4)57(53)36-49)47-24-14-41(15-25-47)12-13-42-16-26-48(27-17-42)64(46-22-10-40(2)11-23-46)50-29-33-54-52-31-19-44(62-7)35-56(52)60(5,6)58(54)37-50/h8-37H,1-6H3/b13-12+. The van der Waals surface area contributed by atoms with Crippen molar-refractivity contribution in [2.24, 2.45) is 0 Å². The van der Waals surface area contributed by atoms with Gasteiger partial charge in [0.15, 0.2) is 5.69 Å². The van der Waals surface area contributed by atoms with Crippen molar-refractivity contribution in [3.05, 3.63) is 231 Å². The Morgan fingerprint density at radius 1 is 0.438 bits per heavy atom. The molecular formula is C60H48N4. The minimum Gasteiger partial charge on any atom is -0.310 e. The van der Waals surface area contributed by atoms with Gasteiger partial charge in [0.25, 0.3) is 0 Å². The molecule has 308 valence electrons. The molecule has 4 heteroatoms. The summed E-state index contributed by atoms with van der Waals surface area (Å²) in [6.45, 7) is 20.9. The summed E-state index contributed by atoms with van der Waals surface area (Å²) in [5.41, 5.74) is 21.9. The first-order valence-electron chi connectivity index (χ1n) is 21.9. The first-order chi connectivity index (χ1) is 30.9. The average Bonchev–Trinajstić information content (AvgIpc) is 3.68. The molecule has 2 aliphatic carbocycles. The van der Waals surface area contributed by atoms with Gasteiger partial charge in [0.05, 0.1) is 18.2 Å². The molecule has 0 unspecified atom stereocenters. The van der Waals surface area contributed by atoms with Crippen LogP contribution in [0.15, 0.2) is 170 Å². The molecule has 0 aliphatic heterocycles. The van der Waals surface area contributed by atoms with E-state index in [9.17, 15) is 5.26 Å². The predicted octanol–water partition coefficient (Wildman–Crippen LogP) is 16.4. The lowest BCUT2D eigenvalue weighted by molar-refractivity contribution is 0.660. The number of nitrogens with zero attached hydrogens (tertiary/aromatic N) is 4. The van der Waals surface area contributed by atoms with Gasteiger partial charge in [0.1, 0.15) is 0 Å².